The number of carbonyl (C=O) groups is 1. The summed E-state index contributed by atoms with van der Waals surface area (Å²) in [6, 6.07) is 0.538. The van der Waals surface area contributed by atoms with Crippen molar-refractivity contribution in [3.8, 4) is 0 Å². The number of hydrogen-bond acceptors (Lipinski definition) is 4. The number of carbonyl (C=O) groups excluding carboxylic acids is 1. The van der Waals surface area contributed by atoms with E-state index in [0.717, 1.165) is 12.8 Å². The third-order valence-corrected chi connectivity index (χ3v) is 3.32. The number of nitrogen functional groups attached to an aromatic ring is 1. The highest BCUT2D eigenvalue weighted by molar-refractivity contribution is 5.92. The Morgan fingerprint density at radius 3 is 2.47 bits per heavy atom. The van der Waals surface area contributed by atoms with Gasteiger partial charge in [0.2, 0.25) is 0 Å². The second kappa shape index (κ2) is 4.69. The summed E-state index contributed by atoms with van der Waals surface area (Å²) in [7, 11) is 0. The molecule has 0 radical (unpaired) electrons. The van der Waals surface area contributed by atoms with Crippen LogP contribution in [-0.2, 0) is 0 Å². The molecule has 1 amide bonds. The number of anilines is 1. The summed E-state index contributed by atoms with van der Waals surface area (Å²) in [6.45, 7) is 4.16. The van der Waals surface area contributed by atoms with E-state index in [4.69, 9.17) is 5.73 Å². The molecule has 92 valence electrons. The third kappa shape index (κ3) is 2.38. The number of nitrogens with two attached hydrogens (primary N) is 1. The molecule has 2 rings (SSSR count). The maximum Gasteiger partial charge on any atom is 0.274 e. The number of nitrogens with zero attached hydrogens (tertiary/aromatic N) is 3. The molecule has 1 aliphatic heterocycles. The van der Waals surface area contributed by atoms with E-state index in [2.05, 4.69) is 23.8 Å². The molecular formula is C12H18N4O. The topological polar surface area (TPSA) is 72.1 Å². The Balaban J connectivity index is 2.20. The van der Waals surface area contributed by atoms with Gasteiger partial charge in [0.05, 0.1) is 12.4 Å². The maximum atomic E-state index is 12.3. The van der Waals surface area contributed by atoms with E-state index in [1.54, 1.807) is 0 Å². The summed E-state index contributed by atoms with van der Waals surface area (Å²) in [5, 5.41) is 0. The first-order valence-electron chi connectivity index (χ1n) is 5.99. The van der Waals surface area contributed by atoms with Gasteiger partial charge in [0, 0.05) is 12.1 Å². The number of piperidine rings is 1. The van der Waals surface area contributed by atoms with E-state index < -0.39 is 0 Å². The zero-order valence-corrected chi connectivity index (χ0v) is 10.3. The van der Waals surface area contributed by atoms with Crippen LogP contribution in [0.5, 0.6) is 0 Å². The average Bonchev–Trinajstić information content (AvgIpc) is 2.29. The summed E-state index contributed by atoms with van der Waals surface area (Å²) >= 11 is 0. The van der Waals surface area contributed by atoms with Crippen molar-refractivity contribution < 1.29 is 4.79 Å². The van der Waals surface area contributed by atoms with Crippen LogP contribution in [0.25, 0.3) is 0 Å². The van der Waals surface area contributed by atoms with Gasteiger partial charge in [0.1, 0.15) is 11.5 Å². The molecule has 17 heavy (non-hydrogen) atoms. The highest BCUT2D eigenvalue weighted by Gasteiger charge is 2.30. The zero-order chi connectivity index (χ0) is 12.4. The Labute approximate surface area is 101 Å². The number of hydrogen-bond donors (Lipinski definition) is 1. The molecule has 0 unspecified atom stereocenters. The number of amides is 1. The predicted octanol–water partition coefficient (Wildman–Crippen LogP) is 1.46. The molecule has 1 saturated heterocycles. The molecule has 1 aromatic heterocycles. The van der Waals surface area contributed by atoms with Crippen molar-refractivity contribution >= 4 is 11.7 Å². The molecule has 0 aromatic carbocycles. The molecule has 5 heteroatoms. The minimum Gasteiger partial charge on any atom is -0.382 e. The fraction of sp³-hybridized carbons (Fsp3) is 0.583. The van der Waals surface area contributed by atoms with Crippen molar-refractivity contribution in [2.24, 2.45) is 0 Å². The Morgan fingerprint density at radius 1 is 1.29 bits per heavy atom. The number of aromatic nitrogens is 2. The lowest BCUT2D eigenvalue weighted by Gasteiger charge is -2.38. The van der Waals surface area contributed by atoms with Crippen LogP contribution in [0, 0.1) is 0 Å². The Hall–Kier alpha value is -1.65. The highest BCUT2D eigenvalue weighted by atomic mass is 16.2. The van der Waals surface area contributed by atoms with Crippen LogP contribution in [0.1, 0.15) is 43.6 Å². The van der Waals surface area contributed by atoms with Crippen LogP contribution in [-0.4, -0.2) is 32.9 Å². The largest absolute Gasteiger partial charge is 0.382 e. The first-order chi connectivity index (χ1) is 8.09. The van der Waals surface area contributed by atoms with E-state index in [0.29, 0.717) is 11.5 Å². The fourth-order valence-corrected chi connectivity index (χ4v) is 2.40. The summed E-state index contributed by atoms with van der Waals surface area (Å²) in [5.41, 5.74) is 5.84. The van der Waals surface area contributed by atoms with Gasteiger partial charge >= 0.3 is 0 Å². The molecule has 1 aliphatic rings. The molecule has 1 fully saturated rings. The van der Waals surface area contributed by atoms with Crippen LogP contribution >= 0.6 is 0 Å². The van der Waals surface area contributed by atoms with Crippen LogP contribution in [0.15, 0.2) is 12.4 Å². The monoisotopic (exact) mass is 234 g/mol. The van der Waals surface area contributed by atoms with Crippen molar-refractivity contribution in [1.29, 1.82) is 0 Å². The number of likely N-dealkylation sites (tertiary alicyclic amines) is 1. The molecule has 0 aliphatic carbocycles. The van der Waals surface area contributed by atoms with Crippen LogP contribution in [0.4, 0.5) is 5.82 Å². The second-order valence-corrected chi connectivity index (χ2v) is 4.67. The quantitative estimate of drug-likeness (QED) is 0.798. The van der Waals surface area contributed by atoms with Gasteiger partial charge in [-0.2, -0.15) is 0 Å². The minimum absolute atomic E-state index is 0.0443. The van der Waals surface area contributed by atoms with E-state index in [1.165, 1.54) is 18.8 Å². The lowest BCUT2D eigenvalue weighted by molar-refractivity contribution is 0.0504. The SMILES string of the molecule is C[C@@H]1CCC[C@H](C)N1C(=O)c1cnc(N)cn1. The summed E-state index contributed by atoms with van der Waals surface area (Å²) in [4.78, 5) is 22.2. The van der Waals surface area contributed by atoms with E-state index >= 15 is 0 Å². The standard InChI is InChI=1S/C12H18N4O/c1-8-4-3-5-9(2)16(8)12(17)10-6-15-11(13)7-14-10/h6-9H,3-5H2,1-2H3,(H2,13,15)/t8-,9+. The Bertz CT molecular complexity index is 393. The smallest absolute Gasteiger partial charge is 0.274 e. The first-order valence-corrected chi connectivity index (χ1v) is 5.99. The van der Waals surface area contributed by atoms with Gasteiger partial charge in [-0.15, -0.1) is 0 Å². The van der Waals surface area contributed by atoms with Gasteiger partial charge in [-0.1, -0.05) is 0 Å². The first kappa shape index (κ1) is 11.8. The summed E-state index contributed by atoms with van der Waals surface area (Å²) in [6.07, 6.45) is 6.16. The molecule has 2 atom stereocenters. The predicted molar refractivity (Wildman–Crippen MR) is 65.4 cm³/mol. The van der Waals surface area contributed by atoms with Crippen LogP contribution in [0.3, 0.4) is 0 Å². The van der Waals surface area contributed by atoms with Crippen molar-refractivity contribution in [2.45, 2.75) is 45.2 Å². The van der Waals surface area contributed by atoms with E-state index in [-0.39, 0.29) is 18.0 Å². The zero-order valence-electron chi connectivity index (χ0n) is 10.3. The van der Waals surface area contributed by atoms with Crippen LogP contribution < -0.4 is 5.73 Å². The maximum absolute atomic E-state index is 12.3. The van der Waals surface area contributed by atoms with Gasteiger partial charge < -0.3 is 10.6 Å². The normalized spacial score (nSPS) is 24.7. The van der Waals surface area contributed by atoms with Gasteiger partial charge in [0.15, 0.2) is 0 Å². The van der Waals surface area contributed by atoms with E-state index in [1.807, 2.05) is 4.90 Å². The lowest BCUT2D eigenvalue weighted by Crippen LogP contribution is -2.47. The summed E-state index contributed by atoms with van der Waals surface area (Å²) in [5.74, 6) is 0.290. The lowest BCUT2D eigenvalue weighted by atomic mass is 9.97. The van der Waals surface area contributed by atoms with Crippen molar-refractivity contribution in [3.63, 3.8) is 0 Å². The average molecular weight is 234 g/mol. The fourth-order valence-electron chi connectivity index (χ4n) is 2.40. The molecule has 5 nitrogen and oxygen atoms in total. The van der Waals surface area contributed by atoms with E-state index in [9.17, 15) is 4.79 Å². The molecule has 0 spiro atoms. The molecule has 2 N–H and O–H groups in total. The molecule has 0 bridgehead atoms. The summed E-state index contributed by atoms with van der Waals surface area (Å²) < 4.78 is 0. The minimum atomic E-state index is -0.0443. The Kier molecular flexibility index (Phi) is 3.26. The number of rotatable bonds is 1. The van der Waals surface area contributed by atoms with Crippen molar-refractivity contribution in [3.05, 3.63) is 18.1 Å². The van der Waals surface area contributed by atoms with Crippen LogP contribution in [0.2, 0.25) is 0 Å². The van der Waals surface area contributed by atoms with Gasteiger partial charge in [-0.05, 0) is 33.1 Å². The van der Waals surface area contributed by atoms with Gasteiger partial charge in [0.25, 0.3) is 5.91 Å². The van der Waals surface area contributed by atoms with Gasteiger partial charge in [-0.25, -0.2) is 9.97 Å². The third-order valence-electron chi connectivity index (χ3n) is 3.32. The molecule has 2 heterocycles. The highest BCUT2D eigenvalue weighted by Crippen LogP contribution is 2.23. The Morgan fingerprint density at radius 2 is 1.94 bits per heavy atom. The van der Waals surface area contributed by atoms with Gasteiger partial charge in [-0.3, -0.25) is 4.79 Å². The second-order valence-electron chi connectivity index (χ2n) is 4.67. The van der Waals surface area contributed by atoms with Crippen molar-refractivity contribution in [2.75, 3.05) is 5.73 Å². The molecule has 0 saturated carbocycles. The molecule has 1 aromatic rings. The molecular weight excluding hydrogens is 216 g/mol. The van der Waals surface area contributed by atoms with Crippen molar-refractivity contribution in [1.82, 2.24) is 14.9 Å².